The van der Waals surface area contributed by atoms with Crippen molar-refractivity contribution in [3.8, 4) is 0 Å². The number of carbonyl (C=O) groups excluding carboxylic acids is 1. The molecule has 0 spiro atoms. The lowest BCUT2D eigenvalue weighted by Crippen LogP contribution is -2.13. The van der Waals surface area contributed by atoms with Gasteiger partial charge >= 0.3 is 0 Å². The van der Waals surface area contributed by atoms with Gasteiger partial charge in [0.25, 0.3) is 5.91 Å². The molecule has 0 aliphatic heterocycles. The molecular formula is C4H8N4O2. The highest BCUT2D eigenvalue weighted by Crippen LogP contribution is 2.00. The number of primary amides is 1. The van der Waals surface area contributed by atoms with Crippen LogP contribution in [0.5, 0.6) is 0 Å². The number of nitrogens with zero attached hydrogens (tertiary/aromatic N) is 1. The van der Waals surface area contributed by atoms with Crippen molar-refractivity contribution >= 4 is 11.7 Å². The van der Waals surface area contributed by atoms with Crippen LogP contribution < -0.4 is 11.5 Å². The fourth-order valence-electron chi connectivity index (χ4n) is 0.502. The molecule has 1 aromatic heterocycles. The zero-order valence-electron chi connectivity index (χ0n) is 5.09. The Hall–Kier alpha value is -1.56. The SMILES string of the molecule is NC(=O)c1[nH]cnc1N.O. The maximum absolute atomic E-state index is 10.4. The van der Waals surface area contributed by atoms with Crippen LogP contribution >= 0.6 is 0 Å². The Bertz CT molecular complexity index is 231. The first-order valence-electron chi connectivity index (χ1n) is 2.30. The molecule has 0 saturated carbocycles. The molecule has 6 heteroatoms. The monoisotopic (exact) mass is 144 g/mol. The number of hydrogen-bond acceptors (Lipinski definition) is 3. The predicted octanol–water partition coefficient (Wildman–Crippen LogP) is -1.73. The number of hydrogen-bond donors (Lipinski definition) is 3. The second-order valence-corrected chi connectivity index (χ2v) is 1.53. The molecule has 7 N–H and O–H groups in total. The molecule has 10 heavy (non-hydrogen) atoms. The minimum absolute atomic E-state index is 0. The van der Waals surface area contributed by atoms with Gasteiger partial charge < -0.3 is 21.9 Å². The van der Waals surface area contributed by atoms with E-state index in [0.717, 1.165) is 0 Å². The number of aromatic amines is 1. The van der Waals surface area contributed by atoms with Gasteiger partial charge in [0.15, 0.2) is 5.82 Å². The van der Waals surface area contributed by atoms with E-state index >= 15 is 0 Å². The molecule has 1 rings (SSSR count). The topological polar surface area (TPSA) is 129 Å². The van der Waals surface area contributed by atoms with Crippen molar-refractivity contribution in [1.82, 2.24) is 9.97 Å². The molecule has 0 radical (unpaired) electrons. The highest BCUT2D eigenvalue weighted by atomic mass is 16.1. The first kappa shape index (κ1) is 8.44. The fraction of sp³-hybridized carbons (Fsp3) is 0. The Balaban J connectivity index is 0.000000810. The molecule has 6 nitrogen and oxygen atoms in total. The third kappa shape index (κ3) is 1.23. The minimum atomic E-state index is -0.593. The quantitative estimate of drug-likeness (QED) is 0.432. The molecule has 1 aromatic rings. The average molecular weight is 144 g/mol. The van der Waals surface area contributed by atoms with Crippen LogP contribution in [0.25, 0.3) is 0 Å². The van der Waals surface area contributed by atoms with Gasteiger partial charge in [-0.2, -0.15) is 0 Å². The molecule has 0 bridgehead atoms. The van der Waals surface area contributed by atoms with Crippen molar-refractivity contribution in [2.45, 2.75) is 0 Å². The molecule has 0 atom stereocenters. The number of amides is 1. The zero-order valence-corrected chi connectivity index (χ0v) is 5.09. The summed E-state index contributed by atoms with van der Waals surface area (Å²) in [4.78, 5) is 16.4. The standard InChI is InChI=1S/C4H6N4O.H2O/c5-3-2(4(6)9)7-1-8-3;/h1H,5H2,(H2,6,9)(H,7,8);1H2. The van der Waals surface area contributed by atoms with Crippen LogP contribution in [0.1, 0.15) is 10.5 Å². The van der Waals surface area contributed by atoms with Crippen LogP contribution in [0.15, 0.2) is 6.33 Å². The Morgan fingerprint density at radius 3 is 2.50 bits per heavy atom. The van der Waals surface area contributed by atoms with Crippen molar-refractivity contribution < 1.29 is 10.3 Å². The van der Waals surface area contributed by atoms with E-state index in [4.69, 9.17) is 11.5 Å². The molecule has 0 aromatic carbocycles. The maximum Gasteiger partial charge on any atom is 0.269 e. The van der Waals surface area contributed by atoms with Gasteiger partial charge in [0.05, 0.1) is 6.33 Å². The van der Waals surface area contributed by atoms with E-state index in [1.807, 2.05) is 0 Å². The molecule has 56 valence electrons. The summed E-state index contributed by atoms with van der Waals surface area (Å²) in [6, 6.07) is 0. The van der Waals surface area contributed by atoms with Crippen molar-refractivity contribution in [2.24, 2.45) is 5.73 Å². The van der Waals surface area contributed by atoms with Gasteiger partial charge in [-0.3, -0.25) is 4.79 Å². The summed E-state index contributed by atoms with van der Waals surface area (Å²) >= 11 is 0. The van der Waals surface area contributed by atoms with Crippen molar-refractivity contribution in [1.29, 1.82) is 0 Å². The summed E-state index contributed by atoms with van der Waals surface area (Å²) in [5, 5.41) is 0. The van der Waals surface area contributed by atoms with Crippen LogP contribution in [0.4, 0.5) is 5.82 Å². The number of nitrogen functional groups attached to an aromatic ring is 1. The first-order chi connectivity index (χ1) is 4.22. The van der Waals surface area contributed by atoms with E-state index in [2.05, 4.69) is 9.97 Å². The fourth-order valence-corrected chi connectivity index (χ4v) is 0.502. The van der Waals surface area contributed by atoms with E-state index in [1.165, 1.54) is 6.33 Å². The summed E-state index contributed by atoms with van der Waals surface area (Å²) < 4.78 is 0. The third-order valence-corrected chi connectivity index (χ3v) is 0.915. The average Bonchev–Trinajstić information content (AvgIpc) is 2.13. The van der Waals surface area contributed by atoms with Gasteiger partial charge in [-0.25, -0.2) is 4.98 Å². The van der Waals surface area contributed by atoms with Gasteiger partial charge in [-0.05, 0) is 0 Å². The molecule has 0 fully saturated rings. The molecule has 0 saturated heterocycles. The van der Waals surface area contributed by atoms with E-state index in [0.29, 0.717) is 0 Å². The maximum atomic E-state index is 10.4. The molecule has 0 unspecified atom stereocenters. The molecule has 1 heterocycles. The van der Waals surface area contributed by atoms with Gasteiger partial charge in [0.1, 0.15) is 5.69 Å². The van der Waals surface area contributed by atoms with E-state index in [9.17, 15) is 4.79 Å². The molecule has 0 aliphatic rings. The van der Waals surface area contributed by atoms with Crippen molar-refractivity contribution in [3.05, 3.63) is 12.0 Å². The van der Waals surface area contributed by atoms with Crippen LogP contribution in [0, 0.1) is 0 Å². The normalized spacial score (nSPS) is 8.40. The number of rotatable bonds is 1. The Labute approximate surface area is 56.5 Å². The van der Waals surface area contributed by atoms with Crippen molar-refractivity contribution in [2.75, 3.05) is 5.73 Å². The van der Waals surface area contributed by atoms with Crippen LogP contribution in [-0.4, -0.2) is 21.4 Å². The Kier molecular flexibility index (Phi) is 2.39. The number of H-pyrrole nitrogens is 1. The molecular weight excluding hydrogens is 136 g/mol. The van der Waals surface area contributed by atoms with Gasteiger partial charge in [0.2, 0.25) is 0 Å². The van der Waals surface area contributed by atoms with Gasteiger partial charge in [0, 0.05) is 0 Å². The first-order valence-corrected chi connectivity index (χ1v) is 2.30. The summed E-state index contributed by atoms with van der Waals surface area (Å²) in [5.41, 5.74) is 10.2. The van der Waals surface area contributed by atoms with E-state index in [-0.39, 0.29) is 17.0 Å². The number of nitrogens with two attached hydrogens (primary N) is 2. The number of carbonyl (C=O) groups is 1. The summed E-state index contributed by atoms with van der Waals surface area (Å²) in [5.74, 6) is -0.451. The third-order valence-electron chi connectivity index (χ3n) is 0.915. The minimum Gasteiger partial charge on any atom is -0.412 e. The number of imidazole rings is 1. The van der Waals surface area contributed by atoms with Crippen LogP contribution in [-0.2, 0) is 0 Å². The highest BCUT2D eigenvalue weighted by molar-refractivity contribution is 5.94. The van der Waals surface area contributed by atoms with Crippen LogP contribution in [0.3, 0.4) is 0 Å². The van der Waals surface area contributed by atoms with Crippen molar-refractivity contribution in [3.63, 3.8) is 0 Å². The molecule has 0 aliphatic carbocycles. The Morgan fingerprint density at radius 1 is 1.70 bits per heavy atom. The summed E-state index contributed by atoms with van der Waals surface area (Å²) in [6.45, 7) is 0. The van der Waals surface area contributed by atoms with Gasteiger partial charge in [-0.15, -0.1) is 0 Å². The lowest BCUT2D eigenvalue weighted by Gasteiger charge is -1.87. The van der Waals surface area contributed by atoms with Crippen LogP contribution in [0.2, 0.25) is 0 Å². The molecule has 1 amide bonds. The summed E-state index contributed by atoms with van der Waals surface area (Å²) in [7, 11) is 0. The number of anilines is 1. The second kappa shape index (κ2) is 2.83. The lowest BCUT2D eigenvalue weighted by atomic mass is 10.4. The second-order valence-electron chi connectivity index (χ2n) is 1.53. The largest absolute Gasteiger partial charge is 0.412 e. The van der Waals surface area contributed by atoms with E-state index in [1.54, 1.807) is 0 Å². The van der Waals surface area contributed by atoms with Gasteiger partial charge in [-0.1, -0.05) is 0 Å². The predicted molar refractivity (Wildman–Crippen MR) is 35.1 cm³/mol. The number of aromatic nitrogens is 2. The smallest absolute Gasteiger partial charge is 0.269 e. The zero-order chi connectivity index (χ0) is 6.85. The highest BCUT2D eigenvalue weighted by Gasteiger charge is 2.05. The van der Waals surface area contributed by atoms with E-state index < -0.39 is 5.91 Å². The Morgan fingerprint density at radius 2 is 2.30 bits per heavy atom. The lowest BCUT2D eigenvalue weighted by molar-refractivity contribution is 0.0997. The number of nitrogens with one attached hydrogen (secondary N) is 1. The summed E-state index contributed by atoms with van der Waals surface area (Å²) in [6.07, 6.45) is 1.31.